The van der Waals surface area contributed by atoms with E-state index in [1.807, 2.05) is 0 Å². The third kappa shape index (κ3) is 7.10. The minimum Gasteiger partial charge on any atom is -0.508 e. The summed E-state index contributed by atoms with van der Waals surface area (Å²) in [5.41, 5.74) is -2.18. The fourth-order valence-corrected chi connectivity index (χ4v) is 4.58. The molecule has 0 radical (unpaired) electrons. The van der Waals surface area contributed by atoms with Crippen LogP contribution in [0.4, 0.5) is 13.2 Å². The van der Waals surface area contributed by atoms with Gasteiger partial charge in [-0.25, -0.2) is 9.59 Å². The molecule has 2 atom stereocenters. The second-order valence-corrected chi connectivity index (χ2v) is 9.84. The molecule has 3 aromatic carbocycles. The zero-order chi connectivity index (χ0) is 33.9. The summed E-state index contributed by atoms with van der Waals surface area (Å²) in [6.07, 6.45) is -5.34. The molecule has 2 unspecified atom stereocenters. The summed E-state index contributed by atoms with van der Waals surface area (Å²) in [6.45, 7) is -1.03. The van der Waals surface area contributed by atoms with Crippen LogP contribution in [0.5, 0.6) is 23.0 Å². The summed E-state index contributed by atoms with van der Waals surface area (Å²) >= 11 is 0. The Kier molecular flexibility index (Phi) is 9.36. The van der Waals surface area contributed by atoms with Crippen LogP contribution < -0.4 is 10.6 Å². The van der Waals surface area contributed by atoms with Gasteiger partial charge < -0.3 is 40.6 Å². The standard InChI is InChI=1S/C29H24F3N3O11/c1-45-27(43)16-3-2-4-19(37)22(16)24(40)23-20(38)9-14(10-21(23)39)26(42)34-18-12-35(46-28(44)29(30,31)32)11-17(18)33-25(41)13-5-7-15(36)8-6-13/h2-10,17-18,36-39H,11-12H2,1H3,(H,33,41)(H,34,42). The van der Waals surface area contributed by atoms with Gasteiger partial charge in [0.05, 0.1) is 43.4 Å². The molecule has 1 aliphatic rings. The zero-order valence-corrected chi connectivity index (χ0v) is 23.5. The molecule has 46 heavy (non-hydrogen) atoms. The number of ether oxygens (including phenoxy) is 1. The summed E-state index contributed by atoms with van der Waals surface area (Å²) in [5, 5.41) is 46.4. The van der Waals surface area contributed by atoms with Crippen LogP contribution in [0.15, 0.2) is 54.6 Å². The molecule has 0 aromatic heterocycles. The van der Waals surface area contributed by atoms with E-state index < -0.39 is 94.8 Å². The Balaban J connectivity index is 1.58. The largest absolute Gasteiger partial charge is 0.508 e. The number of benzene rings is 3. The number of nitrogens with one attached hydrogen (secondary N) is 2. The van der Waals surface area contributed by atoms with Gasteiger partial charge in [-0.1, -0.05) is 6.07 Å². The number of esters is 1. The van der Waals surface area contributed by atoms with E-state index in [2.05, 4.69) is 20.2 Å². The van der Waals surface area contributed by atoms with Crippen LogP contribution in [-0.4, -0.2) is 93.5 Å². The minimum atomic E-state index is -5.34. The molecule has 242 valence electrons. The molecule has 1 fully saturated rings. The molecular weight excluding hydrogens is 623 g/mol. The van der Waals surface area contributed by atoms with Gasteiger partial charge in [-0.2, -0.15) is 13.2 Å². The van der Waals surface area contributed by atoms with Gasteiger partial charge in [0.25, 0.3) is 11.8 Å². The van der Waals surface area contributed by atoms with E-state index in [9.17, 15) is 57.6 Å². The average molecular weight is 648 g/mol. The Labute approximate surface area is 256 Å². The molecular formula is C29H24F3N3O11. The second kappa shape index (κ2) is 13.0. The predicted octanol–water partition coefficient (Wildman–Crippen LogP) is 1.76. The van der Waals surface area contributed by atoms with Crippen LogP contribution in [0.2, 0.25) is 0 Å². The second-order valence-electron chi connectivity index (χ2n) is 9.84. The van der Waals surface area contributed by atoms with Crippen molar-refractivity contribution in [2.75, 3.05) is 20.2 Å². The predicted molar refractivity (Wildman–Crippen MR) is 147 cm³/mol. The fraction of sp³-hybridized carbons (Fsp3) is 0.207. The van der Waals surface area contributed by atoms with Crippen LogP contribution in [0.25, 0.3) is 0 Å². The van der Waals surface area contributed by atoms with Crippen LogP contribution in [0.3, 0.4) is 0 Å². The lowest BCUT2D eigenvalue weighted by Gasteiger charge is -2.21. The molecule has 0 spiro atoms. The third-order valence-electron chi connectivity index (χ3n) is 6.75. The zero-order valence-electron chi connectivity index (χ0n) is 23.5. The van der Waals surface area contributed by atoms with Gasteiger partial charge >= 0.3 is 18.1 Å². The number of nitrogens with zero attached hydrogens (tertiary/aromatic N) is 1. The summed E-state index contributed by atoms with van der Waals surface area (Å²) in [4.78, 5) is 67.0. The van der Waals surface area contributed by atoms with Crippen molar-refractivity contribution in [3.05, 3.63) is 82.4 Å². The number of hydroxylamine groups is 2. The van der Waals surface area contributed by atoms with E-state index >= 15 is 0 Å². The summed E-state index contributed by atoms with van der Waals surface area (Å²) in [7, 11) is 1.02. The van der Waals surface area contributed by atoms with Crippen molar-refractivity contribution in [2.45, 2.75) is 18.3 Å². The molecule has 4 rings (SSSR count). The van der Waals surface area contributed by atoms with Crippen molar-refractivity contribution in [1.82, 2.24) is 15.7 Å². The smallest absolute Gasteiger partial charge is 0.492 e. The lowest BCUT2D eigenvalue weighted by Crippen LogP contribution is -2.51. The lowest BCUT2D eigenvalue weighted by atomic mass is 9.95. The van der Waals surface area contributed by atoms with Gasteiger partial charge in [-0.05, 0) is 48.5 Å². The first-order valence-electron chi connectivity index (χ1n) is 13.1. The van der Waals surface area contributed by atoms with Crippen LogP contribution >= 0.6 is 0 Å². The number of aromatic hydroxyl groups is 4. The Morgan fingerprint density at radius 1 is 0.783 bits per heavy atom. The highest BCUT2D eigenvalue weighted by Gasteiger charge is 2.45. The first-order chi connectivity index (χ1) is 21.6. The summed E-state index contributed by atoms with van der Waals surface area (Å²) in [5.74, 6) is -9.25. The highest BCUT2D eigenvalue weighted by atomic mass is 19.4. The van der Waals surface area contributed by atoms with Gasteiger partial charge in [0.1, 0.15) is 28.6 Å². The molecule has 3 aromatic rings. The molecule has 2 amide bonds. The van der Waals surface area contributed by atoms with Crippen LogP contribution in [0, 0.1) is 0 Å². The van der Waals surface area contributed by atoms with Crippen molar-refractivity contribution in [1.29, 1.82) is 0 Å². The van der Waals surface area contributed by atoms with Crippen molar-refractivity contribution in [2.24, 2.45) is 0 Å². The van der Waals surface area contributed by atoms with E-state index in [1.165, 1.54) is 30.3 Å². The highest BCUT2D eigenvalue weighted by molar-refractivity contribution is 6.18. The maximum absolute atomic E-state index is 13.2. The normalized spacial score (nSPS) is 16.3. The average Bonchev–Trinajstić information content (AvgIpc) is 3.35. The number of alkyl halides is 3. The van der Waals surface area contributed by atoms with Gasteiger partial charge in [0.15, 0.2) is 0 Å². The quantitative estimate of drug-likeness (QED) is 0.153. The Morgan fingerprint density at radius 3 is 1.85 bits per heavy atom. The molecule has 17 heteroatoms. The molecule has 1 aliphatic heterocycles. The Bertz CT molecular complexity index is 1690. The number of carbonyl (C=O) groups excluding carboxylic acids is 5. The monoisotopic (exact) mass is 647 g/mol. The Morgan fingerprint density at radius 2 is 1.33 bits per heavy atom. The van der Waals surface area contributed by atoms with Gasteiger partial charge in [-0.15, -0.1) is 5.06 Å². The molecule has 14 nitrogen and oxygen atoms in total. The first-order valence-corrected chi connectivity index (χ1v) is 13.1. The lowest BCUT2D eigenvalue weighted by molar-refractivity contribution is -0.235. The topological polar surface area (TPSA) is 212 Å². The van der Waals surface area contributed by atoms with Gasteiger partial charge in [0.2, 0.25) is 5.78 Å². The first kappa shape index (κ1) is 33.1. The van der Waals surface area contributed by atoms with Crippen molar-refractivity contribution in [3.8, 4) is 23.0 Å². The number of rotatable bonds is 8. The number of ketones is 1. The number of hydrogen-bond donors (Lipinski definition) is 6. The number of amides is 2. The van der Waals surface area contributed by atoms with Crippen molar-refractivity contribution >= 4 is 29.5 Å². The summed E-state index contributed by atoms with van der Waals surface area (Å²) in [6, 6.07) is 7.59. The van der Waals surface area contributed by atoms with E-state index in [4.69, 9.17) is 0 Å². The number of halogens is 3. The van der Waals surface area contributed by atoms with Crippen LogP contribution in [-0.2, 0) is 14.4 Å². The molecule has 1 saturated heterocycles. The van der Waals surface area contributed by atoms with E-state index in [-0.39, 0.29) is 16.9 Å². The minimum absolute atomic E-state index is 0.0449. The van der Waals surface area contributed by atoms with Crippen LogP contribution in [0.1, 0.15) is 47.0 Å². The van der Waals surface area contributed by atoms with Gasteiger partial charge in [0, 0.05) is 11.1 Å². The Hall–Kier alpha value is -5.84. The van der Waals surface area contributed by atoms with E-state index in [1.54, 1.807) is 0 Å². The molecule has 0 saturated carbocycles. The van der Waals surface area contributed by atoms with Gasteiger partial charge in [-0.3, -0.25) is 14.4 Å². The molecule has 0 bridgehead atoms. The third-order valence-corrected chi connectivity index (χ3v) is 6.75. The van der Waals surface area contributed by atoms with Crippen molar-refractivity contribution in [3.63, 3.8) is 0 Å². The number of phenolic OH excluding ortho intramolecular Hbond substituents is 4. The number of carbonyl (C=O) groups is 5. The molecule has 1 heterocycles. The SMILES string of the molecule is COC(=O)c1cccc(O)c1C(=O)c1c(O)cc(C(=O)NC2CN(OC(=O)C(F)(F)F)CC2NC(=O)c2ccc(O)cc2)cc1O. The van der Waals surface area contributed by atoms with E-state index in [0.717, 1.165) is 31.4 Å². The molecule has 6 N–H and O–H groups in total. The maximum atomic E-state index is 13.2. The highest BCUT2D eigenvalue weighted by Crippen LogP contribution is 2.35. The summed E-state index contributed by atoms with van der Waals surface area (Å²) < 4.78 is 43.0. The number of phenols is 4. The molecule has 0 aliphatic carbocycles. The number of methoxy groups -OCH3 is 1. The fourth-order valence-electron chi connectivity index (χ4n) is 4.58. The number of hydrogen-bond acceptors (Lipinski definition) is 12. The maximum Gasteiger partial charge on any atom is 0.492 e. The van der Waals surface area contributed by atoms with E-state index in [0.29, 0.717) is 5.06 Å². The van der Waals surface area contributed by atoms with Crippen molar-refractivity contribution < 1.29 is 67.1 Å².